The van der Waals surface area contributed by atoms with E-state index in [0.717, 1.165) is 0 Å². The topological polar surface area (TPSA) is 108 Å². The predicted molar refractivity (Wildman–Crippen MR) is 76.6 cm³/mol. The van der Waals surface area contributed by atoms with Crippen LogP contribution >= 0.6 is 11.6 Å². The van der Waals surface area contributed by atoms with Gasteiger partial charge in [-0.2, -0.15) is 0 Å². The number of anilines is 1. The lowest BCUT2D eigenvalue weighted by molar-refractivity contribution is -0.119. The Balaban J connectivity index is 1.90. The van der Waals surface area contributed by atoms with Crippen LogP contribution in [0.3, 0.4) is 0 Å². The van der Waals surface area contributed by atoms with E-state index in [1.807, 2.05) is 0 Å². The minimum atomic E-state index is -1.13. The number of hydrogen-bond acceptors (Lipinski definition) is 3. The summed E-state index contributed by atoms with van der Waals surface area (Å²) in [5, 5.41) is 17.0. The zero-order valence-electron chi connectivity index (χ0n) is 11.0. The van der Waals surface area contributed by atoms with E-state index < -0.39 is 12.0 Å². The molecule has 0 saturated carbocycles. The van der Waals surface area contributed by atoms with Crippen LogP contribution in [0.1, 0.15) is 23.2 Å². The van der Waals surface area contributed by atoms with Gasteiger partial charge in [0.25, 0.3) is 0 Å². The normalized spacial score (nSPS) is 17.2. The van der Waals surface area contributed by atoms with Gasteiger partial charge in [-0.05, 0) is 24.6 Å². The van der Waals surface area contributed by atoms with Crippen molar-refractivity contribution >= 4 is 35.2 Å². The molecule has 112 valence electrons. The van der Waals surface area contributed by atoms with Crippen molar-refractivity contribution in [2.24, 2.45) is 0 Å². The molecule has 4 N–H and O–H groups in total. The molecular formula is C13H14ClN3O4. The van der Waals surface area contributed by atoms with Crippen LogP contribution in [0, 0.1) is 0 Å². The van der Waals surface area contributed by atoms with Gasteiger partial charge in [0, 0.05) is 29.7 Å². The van der Waals surface area contributed by atoms with Gasteiger partial charge in [-0.25, -0.2) is 9.59 Å². The molecule has 0 aromatic heterocycles. The number of carboxylic acids is 1. The van der Waals surface area contributed by atoms with Crippen LogP contribution in [0.2, 0.25) is 5.02 Å². The molecule has 7 nitrogen and oxygen atoms in total. The fourth-order valence-electron chi connectivity index (χ4n) is 2.01. The van der Waals surface area contributed by atoms with Crippen LogP contribution in [-0.4, -0.2) is 35.6 Å². The van der Waals surface area contributed by atoms with E-state index >= 15 is 0 Å². The van der Waals surface area contributed by atoms with E-state index in [1.165, 1.54) is 18.2 Å². The second-order valence-corrected chi connectivity index (χ2v) is 5.11. The van der Waals surface area contributed by atoms with Crippen molar-refractivity contribution in [1.29, 1.82) is 0 Å². The molecule has 3 amide bonds. The molecule has 2 rings (SSSR count). The summed E-state index contributed by atoms with van der Waals surface area (Å²) in [5.41, 5.74) is 0.272. The van der Waals surface area contributed by atoms with Crippen molar-refractivity contribution in [3.8, 4) is 0 Å². The monoisotopic (exact) mass is 311 g/mol. The molecule has 1 aromatic rings. The summed E-state index contributed by atoms with van der Waals surface area (Å²) in [6.07, 6.45) is 1.14. The van der Waals surface area contributed by atoms with Crippen LogP contribution in [-0.2, 0) is 4.79 Å². The Bertz CT molecular complexity index is 591. The lowest BCUT2D eigenvalue weighted by Crippen LogP contribution is -2.40. The molecule has 0 radical (unpaired) electrons. The number of carbonyl (C=O) groups is 3. The number of benzene rings is 1. The van der Waals surface area contributed by atoms with E-state index in [-0.39, 0.29) is 28.2 Å². The molecule has 0 spiro atoms. The molecule has 1 aromatic carbocycles. The third-order valence-electron chi connectivity index (χ3n) is 3.00. The third kappa shape index (κ3) is 4.35. The van der Waals surface area contributed by atoms with Gasteiger partial charge in [0.2, 0.25) is 5.91 Å². The van der Waals surface area contributed by atoms with Gasteiger partial charge < -0.3 is 21.1 Å². The summed E-state index contributed by atoms with van der Waals surface area (Å²) in [4.78, 5) is 33.6. The van der Waals surface area contributed by atoms with Crippen LogP contribution in [0.15, 0.2) is 18.2 Å². The minimum absolute atomic E-state index is 0.0131. The number of rotatable bonds is 4. The molecule has 21 heavy (non-hydrogen) atoms. The first kappa shape index (κ1) is 15.1. The van der Waals surface area contributed by atoms with E-state index in [9.17, 15) is 14.4 Å². The second kappa shape index (κ2) is 6.45. The molecule has 1 saturated heterocycles. The van der Waals surface area contributed by atoms with E-state index in [0.29, 0.717) is 19.4 Å². The van der Waals surface area contributed by atoms with Crippen molar-refractivity contribution in [2.75, 3.05) is 11.9 Å². The first-order valence-electron chi connectivity index (χ1n) is 6.32. The number of aromatic carboxylic acids is 1. The fraction of sp³-hybridized carbons (Fsp3) is 0.308. The lowest BCUT2D eigenvalue weighted by Gasteiger charge is -2.12. The molecule has 0 aliphatic carbocycles. The highest BCUT2D eigenvalue weighted by molar-refractivity contribution is 6.31. The minimum Gasteiger partial charge on any atom is -0.478 e. The molecule has 1 atom stereocenters. The van der Waals surface area contributed by atoms with Gasteiger partial charge in [-0.15, -0.1) is 0 Å². The summed E-state index contributed by atoms with van der Waals surface area (Å²) >= 11 is 5.79. The maximum absolute atomic E-state index is 11.7. The molecular weight excluding hydrogens is 298 g/mol. The summed E-state index contributed by atoms with van der Waals surface area (Å²) in [5.74, 6) is -1.15. The molecule has 1 aliphatic rings. The Kier molecular flexibility index (Phi) is 4.64. The fourth-order valence-corrected chi connectivity index (χ4v) is 2.24. The third-order valence-corrected chi connectivity index (χ3v) is 3.21. The maximum atomic E-state index is 11.7. The van der Waals surface area contributed by atoms with Crippen molar-refractivity contribution in [3.05, 3.63) is 28.8 Å². The largest absolute Gasteiger partial charge is 0.478 e. The van der Waals surface area contributed by atoms with Crippen molar-refractivity contribution in [3.63, 3.8) is 0 Å². The highest BCUT2D eigenvalue weighted by Crippen LogP contribution is 2.19. The second-order valence-electron chi connectivity index (χ2n) is 4.67. The van der Waals surface area contributed by atoms with Crippen molar-refractivity contribution in [1.82, 2.24) is 10.6 Å². The Labute approximate surface area is 125 Å². The summed E-state index contributed by atoms with van der Waals surface area (Å²) in [6.45, 7) is 0.309. The van der Waals surface area contributed by atoms with Crippen LogP contribution < -0.4 is 16.0 Å². The predicted octanol–water partition coefficient (Wildman–Crippen LogP) is 1.44. The standard InChI is InChI=1S/C13H14ClN3O4/c14-8-3-7(12(19)20)4-10(5-8)17-13(21)15-6-9-1-2-11(18)16-9/h3-5,9H,1-2,6H2,(H,16,18)(H,19,20)(H2,15,17,21). The van der Waals surface area contributed by atoms with Gasteiger partial charge in [-0.1, -0.05) is 11.6 Å². The number of carbonyl (C=O) groups excluding carboxylic acids is 2. The molecule has 1 unspecified atom stereocenters. The van der Waals surface area contributed by atoms with Crippen LogP contribution in [0.25, 0.3) is 0 Å². The smallest absolute Gasteiger partial charge is 0.335 e. The van der Waals surface area contributed by atoms with E-state index in [1.54, 1.807) is 0 Å². The highest BCUT2D eigenvalue weighted by atomic mass is 35.5. The van der Waals surface area contributed by atoms with Gasteiger partial charge >= 0.3 is 12.0 Å². The first-order valence-corrected chi connectivity index (χ1v) is 6.70. The zero-order chi connectivity index (χ0) is 15.4. The number of halogens is 1. The summed E-state index contributed by atoms with van der Waals surface area (Å²) in [6, 6.07) is 3.49. The summed E-state index contributed by atoms with van der Waals surface area (Å²) in [7, 11) is 0. The zero-order valence-corrected chi connectivity index (χ0v) is 11.7. The Hall–Kier alpha value is -2.28. The molecule has 1 aliphatic heterocycles. The Morgan fingerprint density at radius 1 is 1.38 bits per heavy atom. The number of hydrogen-bond donors (Lipinski definition) is 4. The van der Waals surface area contributed by atoms with E-state index in [4.69, 9.17) is 16.7 Å². The van der Waals surface area contributed by atoms with Gasteiger partial charge in [-0.3, -0.25) is 4.79 Å². The summed E-state index contributed by atoms with van der Waals surface area (Å²) < 4.78 is 0. The quantitative estimate of drug-likeness (QED) is 0.674. The molecule has 1 heterocycles. The number of carboxylic acid groups (broad SMARTS) is 1. The number of nitrogens with one attached hydrogen (secondary N) is 3. The van der Waals surface area contributed by atoms with Gasteiger partial charge in [0.1, 0.15) is 0 Å². The highest BCUT2D eigenvalue weighted by Gasteiger charge is 2.20. The Morgan fingerprint density at radius 2 is 2.14 bits per heavy atom. The van der Waals surface area contributed by atoms with Gasteiger partial charge in [0.15, 0.2) is 0 Å². The average molecular weight is 312 g/mol. The SMILES string of the molecule is O=C1CCC(CNC(=O)Nc2cc(Cl)cc(C(=O)O)c2)N1. The van der Waals surface area contributed by atoms with Gasteiger partial charge in [0.05, 0.1) is 5.56 Å². The first-order chi connectivity index (χ1) is 9.94. The lowest BCUT2D eigenvalue weighted by atomic mass is 10.2. The van der Waals surface area contributed by atoms with Crippen molar-refractivity contribution in [2.45, 2.75) is 18.9 Å². The maximum Gasteiger partial charge on any atom is 0.335 e. The van der Waals surface area contributed by atoms with Crippen LogP contribution in [0.4, 0.5) is 10.5 Å². The average Bonchev–Trinajstić information content (AvgIpc) is 2.81. The van der Waals surface area contributed by atoms with E-state index in [2.05, 4.69) is 16.0 Å². The van der Waals surface area contributed by atoms with Crippen LogP contribution in [0.5, 0.6) is 0 Å². The molecule has 8 heteroatoms. The number of urea groups is 1. The molecule has 0 bridgehead atoms. The number of amides is 3. The Morgan fingerprint density at radius 3 is 2.76 bits per heavy atom. The van der Waals surface area contributed by atoms with Crippen molar-refractivity contribution < 1.29 is 19.5 Å². The molecule has 1 fully saturated rings.